The number of hydrogen-bond acceptors (Lipinski definition) is 6. The second kappa shape index (κ2) is 9.19. The molecule has 8 heteroatoms. The second-order valence-corrected chi connectivity index (χ2v) is 6.67. The van der Waals surface area contributed by atoms with Crippen LogP contribution in [0.1, 0.15) is 29.9 Å². The first-order valence-electron chi connectivity index (χ1n) is 8.23. The second-order valence-electron chi connectivity index (χ2n) is 5.76. The Morgan fingerprint density at radius 3 is 2.58 bits per heavy atom. The molecule has 0 aliphatic heterocycles. The topological polar surface area (TPSA) is 86.6 Å². The lowest BCUT2D eigenvalue weighted by atomic mass is 9.99. The van der Waals surface area contributed by atoms with Crippen molar-refractivity contribution in [2.75, 3.05) is 13.7 Å². The molecule has 0 bridgehead atoms. The van der Waals surface area contributed by atoms with E-state index in [1.165, 1.54) is 18.4 Å². The Kier molecular flexibility index (Phi) is 6.97. The Hall–Kier alpha value is -2.61. The lowest BCUT2D eigenvalue weighted by molar-refractivity contribution is -0.147. The smallest absolute Gasteiger partial charge is 0.350 e. The Labute approximate surface area is 155 Å². The number of methoxy groups -OCH3 is 1. The maximum Gasteiger partial charge on any atom is 0.350 e. The van der Waals surface area contributed by atoms with Gasteiger partial charge in [0.25, 0.3) is 5.91 Å². The summed E-state index contributed by atoms with van der Waals surface area (Å²) in [5.41, 5.74) is 0.692. The molecule has 0 saturated heterocycles. The molecule has 2 unspecified atom stereocenters. The minimum Gasteiger partial charge on any atom is -0.467 e. The number of nitrogens with zero attached hydrogens (tertiary/aromatic N) is 1. The van der Waals surface area contributed by atoms with Gasteiger partial charge in [0.15, 0.2) is 6.61 Å². The summed E-state index contributed by atoms with van der Waals surface area (Å²) in [4.78, 5) is 36.6. The Balaban J connectivity index is 1.96. The lowest BCUT2D eigenvalue weighted by Crippen LogP contribution is -2.47. The third-order valence-electron chi connectivity index (χ3n) is 4.03. The van der Waals surface area contributed by atoms with Crippen LogP contribution < -0.4 is 5.32 Å². The van der Waals surface area contributed by atoms with Crippen molar-refractivity contribution in [1.82, 2.24) is 9.88 Å². The van der Waals surface area contributed by atoms with E-state index in [2.05, 4.69) is 5.32 Å². The summed E-state index contributed by atoms with van der Waals surface area (Å²) in [6, 6.07) is 4.73. The van der Waals surface area contributed by atoms with Gasteiger partial charge in [-0.25, -0.2) is 9.59 Å². The molecule has 7 nitrogen and oxygen atoms in total. The Bertz CT molecular complexity index is 753. The first-order chi connectivity index (χ1) is 12.5. The zero-order chi connectivity index (χ0) is 19.1. The highest BCUT2D eigenvalue weighted by Gasteiger charge is 2.27. The first kappa shape index (κ1) is 19.7. The Morgan fingerprint density at radius 1 is 1.27 bits per heavy atom. The van der Waals surface area contributed by atoms with Gasteiger partial charge in [-0.05, 0) is 29.5 Å². The number of amides is 1. The number of carbonyl (C=O) groups is 3. The molecule has 2 atom stereocenters. The average Bonchev–Trinajstić information content (AvgIpc) is 3.33. The zero-order valence-electron chi connectivity index (χ0n) is 14.9. The Morgan fingerprint density at radius 2 is 1.96 bits per heavy atom. The van der Waals surface area contributed by atoms with E-state index in [1.54, 1.807) is 16.0 Å². The van der Waals surface area contributed by atoms with Gasteiger partial charge in [0.05, 0.1) is 12.8 Å². The lowest BCUT2D eigenvalue weighted by Gasteiger charge is -2.21. The number of ether oxygens (including phenoxy) is 2. The third kappa shape index (κ3) is 4.72. The molecule has 0 fully saturated rings. The van der Waals surface area contributed by atoms with Crippen LogP contribution in [0.2, 0.25) is 0 Å². The van der Waals surface area contributed by atoms with Gasteiger partial charge in [-0.1, -0.05) is 20.3 Å². The molecule has 2 aromatic rings. The minimum absolute atomic E-state index is 0.0975. The van der Waals surface area contributed by atoms with Gasteiger partial charge in [-0.2, -0.15) is 0 Å². The molecule has 0 saturated carbocycles. The van der Waals surface area contributed by atoms with Crippen LogP contribution in [0.3, 0.4) is 0 Å². The molecular weight excluding hydrogens is 356 g/mol. The molecule has 0 aliphatic rings. The predicted octanol–water partition coefficient (Wildman–Crippen LogP) is 2.40. The summed E-state index contributed by atoms with van der Waals surface area (Å²) < 4.78 is 11.6. The number of aromatic nitrogens is 1. The average molecular weight is 378 g/mol. The van der Waals surface area contributed by atoms with E-state index in [0.717, 1.165) is 0 Å². The molecule has 0 aliphatic carbocycles. The zero-order valence-corrected chi connectivity index (χ0v) is 15.7. The molecule has 2 aromatic heterocycles. The SMILES string of the molecule is CCC(C)C(NC(=O)COC(=O)c1sccc1-n1cccc1)C(=O)OC. The fraction of sp³-hybridized carbons (Fsp3) is 0.389. The number of carbonyl (C=O) groups excluding carboxylic acids is 3. The monoisotopic (exact) mass is 378 g/mol. The highest BCUT2D eigenvalue weighted by Crippen LogP contribution is 2.22. The van der Waals surface area contributed by atoms with E-state index >= 15 is 0 Å². The molecule has 140 valence electrons. The van der Waals surface area contributed by atoms with Gasteiger partial charge in [0, 0.05) is 12.4 Å². The van der Waals surface area contributed by atoms with Gasteiger partial charge in [0.1, 0.15) is 10.9 Å². The van der Waals surface area contributed by atoms with E-state index in [0.29, 0.717) is 17.0 Å². The standard InChI is InChI=1S/C18H22N2O5S/c1-4-12(2)15(17(22)24-3)19-14(21)11-25-18(23)16-13(7-10-26-16)20-8-5-6-9-20/h5-10,12,15H,4,11H2,1-3H3,(H,19,21). The number of nitrogens with one attached hydrogen (secondary N) is 1. The van der Waals surface area contributed by atoms with E-state index in [1.807, 2.05) is 38.4 Å². The van der Waals surface area contributed by atoms with E-state index in [-0.39, 0.29) is 5.92 Å². The fourth-order valence-corrected chi connectivity index (χ4v) is 3.14. The summed E-state index contributed by atoms with van der Waals surface area (Å²) in [5, 5.41) is 4.35. The van der Waals surface area contributed by atoms with Gasteiger partial charge in [0.2, 0.25) is 0 Å². The van der Waals surface area contributed by atoms with Crippen LogP contribution >= 0.6 is 11.3 Å². The van der Waals surface area contributed by atoms with Crippen LogP contribution in [0.5, 0.6) is 0 Å². The van der Waals surface area contributed by atoms with E-state index < -0.39 is 30.5 Å². The van der Waals surface area contributed by atoms with Gasteiger partial charge in [-0.3, -0.25) is 4.79 Å². The van der Waals surface area contributed by atoms with Crippen LogP contribution in [0, 0.1) is 5.92 Å². The summed E-state index contributed by atoms with van der Waals surface area (Å²) in [6.07, 6.45) is 4.33. The quantitative estimate of drug-likeness (QED) is 0.713. The van der Waals surface area contributed by atoms with Crippen LogP contribution in [0.15, 0.2) is 36.0 Å². The van der Waals surface area contributed by atoms with E-state index in [4.69, 9.17) is 9.47 Å². The summed E-state index contributed by atoms with van der Waals surface area (Å²) >= 11 is 1.24. The molecule has 2 rings (SSSR count). The number of hydrogen-bond donors (Lipinski definition) is 1. The van der Waals surface area contributed by atoms with Crippen LogP contribution in [-0.4, -0.2) is 42.2 Å². The van der Waals surface area contributed by atoms with Gasteiger partial charge in [-0.15, -0.1) is 11.3 Å². The minimum atomic E-state index is -0.770. The van der Waals surface area contributed by atoms with Crippen molar-refractivity contribution >= 4 is 29.2 Å². The molecular formula is C18H22N2O5S. The summed E-state index contributed by atoms with van der Waals surface area (Å²) in [6.45, 7) is 3.28. The van der Waals surface area contributed by atoms with Gasteiger partial charge < -0.3 is 19.4 Å². The summed E-state index contributed by atoms with van der Waals surface area (Å²) in [7, 11) is 1.27. The molecule has 0 spiro atoms. The molecule has 0 radical (unpaired) electrons. The normalized spacial score (nSPS) is 12.9. The molecule has 1 N–H and O–H groups in total. The fourth-order valence-electron chi connectivity index (χ4n) is 2.36. The van der Waals surface area contributed by atoms with Crippen molar-refractivity contribution < 1.29 is 23.9 Å². The van der Waals surface area contributed by atoms with Crippen molar-refractivity contribution in [1.29, 1.82) is 0 Å². The highest BCUT2D eigenvalue weighted by atomic mass is 32.1. The van der Waals surface area contributed by atoms with Crippen LogP contribution in [-0.2, 0) is 19.1 Å². The van der Waals surface area contributed by atoms with E-state index in [9.17, 15) is 14.4 Å². The number of esters is 2. The molecule has 26 heavy (non-hydrogen) atoms. The predicted molar refractivity (Wildman–Crippen MR) is 97.3 cm³/mol. The van der Waals surface area contributed by atoms with Crippen molar-refractivity contribution in [3.05, 3.63) is 40.8 Å². The van der Waals surface area contributed by atoms with Crippen LogP contribution in [0.25, 0.3) is 5.69 Å². The van der Waals surface area contributed by atoms with Crippen molar-refractivity contribution in [2.45, 2.75) is 26.3 Å². The van der Waals surface area contributed by atoms with Gasteiger partial charge >= 0.3 is 11.9 Å². The molecule has 0 aromatic carbocycles. The maximum atomic E-state index is 12.3. The first-order valence-corrected chi connectivity index (χ1v) is 9.11. The molecule has 1 amide bonds. The van der Waals surface area contributed by atoms with Crippen molar-refractivity contribution in [3.63, 3.8) is 0 Å². The number of thiophene rings is 1. The highest BCUT2D eigenvalue weighted by molar-refractivity contribution is 7.12. The van der Waals surface area contributed by atoms with Crippen molar-refractivity contribution in [2.24, 2.45) is 5.92 Å². The van der Waals surface area contributed by atoms with Crippen LogP contribution in [0.4, 0.5) is 0 Å². The molecule has 2 heterocycles. The summed E-state index contributed by atoms with van der Waals surface area (Å²) in [5.74, 6) is -1.75. The van der Waals surface area contributed by atoms with Crippen molar-refractivity contribution in [3.8, 4) is 5.69 Å². The third-order valence-corrected chi connectivity index (χ3v) is 4.92. The largest absolute Gasteiger partial charge is 0.467 e. The maximum absolute atomic E-state index is 12.3. The number of rotatable bonds is 8.